The van der Waals surface area contributed by atoms with Crippen molar-refractivity contribution >= 4 is 11.6 Å². The van der Waals surface area contributed by atoms with Gasteiger partial charge in [0.1, 0.15) is 0 Å². The third-order valence-corrected chi connectivity index (χ3v) is 9.24. The monoisotopic (exact) mass is 396 g/mol. The van der Waals surface area contributed by atoms with Crippen LogP contribution >= 0.6 is 0 Å². The summed E-state index contributed by atoms with van der Waals surface area (Å²) in [5, 5.41) is 0. The van der Waals surface area contributed by atoms with Crippen LogP contribution < -0.4 is 14.4 Å². The molecule has 154 valence electrons. The van der Waals surface area contributed by atoms with E-state index in [0.29, 0.717) is 36.0 Å². The molecule has 0 aromatic heterocycles. The number of benzene rings is 1. The third kappa shape index (κ3) is 1.81. The zero-order valence-corrected chi connectivity index (χ0v) is 17.1. The predicted octanol–water partition coefficient (Wildman–Crippen LogP) is 2.19. The molecule has 29 heavy (non-hydrogen) atoms. The Bertz CT molecular complexity index is 918. The topological polar surface area (TPSA) is 51.2 Å². The van der Waals surface area contributed by atoms with Crippen LogP contribution in [0.15, 0.2) is 12.1 Å². The molecule has 5 fully saturated rings. The molecule has 1 aromatic rings. The van der Waals surface area contributed by atoms with Crippen LogP contribution in [0.5, 0.6) is 11.5 Å². The highest BCUT2D eigenvalue weighted by molar-refractivity contribution is 5.99. The highest BCUT2D eigenvalue weighted by atomic mass is 16.5. The quantitative estimate of drug-likeness (QED) is 0.767. The fraction of sp³-hybridized carbons (Fsp3) is 0.696. The molecule has 0 radical (unpaired) electrons. The maximum atomic E-state index is 13.5. The van der Waals surface area contributed by atoms with E-state index in [-0.39, 0.29) is 23.5 Å². The number of rotatable bonds is 2. The van der Waals surface area contributed by atoms with Crippen molar-refractivity contribution in [1.82, 2.24) is 4.90 Å². The van der Waals surface area contributed by atoms with E-state index < -0.39 is 0 Å². The van der Waals surface area contributed by atoms with Gasteiger partial charge in [0.2, 0.25) is 5.91 Å². The van der Waals surface area contributed by atoms with Crippen molar-refractivity contribution in [3.05, 3.63) is 17.7 Å². The molecule has 1 unspecified atom stereocenters. The zero-order valence-electron chi connectivity index (χ0n) is 17.1. The highest BCUT2D eigenvalue weighted by Crippen LogP contribution is 2.67. The normalized spacial score (nSPS) is 43.8. The SMILES string of the molecule is COc1cc2c(cc1OC)[C@@]13CCN4CC5CCO[C@H]6CC(=O)N2[C@H]1[C@H]6[C@H]5C[C@H]43. The molecule has 5 aliphatic heterocycles. The van der Waals surface area contributed by atoms with Crippen molar-refractivity contribution in [1.29, 1.82) is 0 Å². The summed E-state index contributed by atoms with van der Waals surface area (Å²) in [6.07, 6.45) is 4.12. The maximum absolute atomic E-state index is 13.5. The van der Waals surface area contributed by atoms with Crippen LogP contribution in [0.4, 0.5) is 5.69 Å². The van der Waals surface area contributed by atoms with Crippen LogP contribution in [0, 0.1) is 17.8 Å². The minimum Gasteiger partial charge on any atom is -0.493 e. The molecule has 1 aromatic carbocycles. The summed E-state index contributed by atoms with van der Waals surface area (Å²) >= 11 is 0. The summed E-state index contributed by atoms with van der Waals surface area (Å²) < 4.78 is 17.7. The maximum Gasteiger partial charge on any atom is 0.229 e. The Morgan fingerprint density at radius 2 is 2.03 bits per heavy atom. The van der Waals surface area contributed by atoms with Crippen LogP contribution in [0.2, 0.25) is 0 Å². The van der Waals surface area contributed by atoms with Gasteiger partial charge in [-0.15, -0.1) is 0 Å². The Kier molecular flexibility index (Phi) is 3.19. The minimum absolute atomic E-state index is 0.00303. The number of anilines is 1. The van der Waals surface area contributed by atoms with Gasteiger partial charge >= 0.3 is 0 Å². The molecule has 2 bridgehead atoms. The van der Waals surface area contributed by atoms with Crippen molar-refractivity contribution in [2.75, 3.05) is 38.8 Å². The van der Waals surface area contributed by atoms with E-state index in [1.54, 1.807) is 14.2 Å². The summed E-state index contributed by atoms with van der Waals surface area (Å²) in [5.74, 6) is 3.54. The van der Waals surface area contributed by atoms with Gasteiger partial charge in [0.25, 0.3) is 0 Å². The molecule has 1 spiro atoms. The molecule has 1 saturated carbocycles. The van der Waals surface area contributed by atoms with Gasteiger partial charge in [-0.25, -0.2) is 0 Å². The van der Waals surface area contributed by atoms with E-state index >= 15 is 0 Å². The largest absolute Gasteiger partial charge is 0.493 e. The molecular weight excluding hydrogens is 368 g/mol. The fourth-order valence-electron chi connectivity index (χ4n) is 8.32. The smallest absolute Gasteiger partial charge is 0.229 e. The van der Waals surface area contributed by atoms with Crippen LogP contribution in [-0.4, -0.2) is 62.9 Å². The number of amides is 1. The van der Waals surface area contributed by atoms with E-state index in [2.05, 4.69) is 21.9 Å². The Morgan fingerprint density at radius 1 is 1.21 bits per heavy atom. The van der Waals surface area contributed by atoms with Crippen molar-refractivity contribution in [2.24, 2.45) is 17.8 Å². The van der Waals surface area contributed by atoms with E-state index in [4.69, 9.17) is 14.2 Å². The van der Waals surface area contributed by atoms with Gasteiger partial charge in [0, 0.05) is 36.6 Å². The van der Waals surface area contributed by atoms with Crippen molar-refractivity contribution in [2.45, 2.75) is 49.3 Å². The second-order valence-corrected chi connectivity index (χ2v) is 9.87. The number of hydrogen-bond donors (Lipinski definition) is 0. The Balaban J connectivity index is 1.51. The number of fused-ring (bicyclic) bond motifs is 2. The molecule has 1 amide bonds. The average molecular weight is 396 g/mol. The van der Waals surface area contributed by atoms with Gasteiger partial charge in [-0.05, 0) is 49.3 Å². The van der Waals surface area contributed by atoms with Crippen LogP contribution in [-0.2, 0) is 14.9 Å². The molecule has 4 saturated heterocycles. The van der Waals surface area contributed by atoms with Crippen LogP contribution in [0.25, 0.3) is 0 Å². The summed E-state index contributed by atoms with van der Waals surface area (Å²) in [6, 6.07) is 4.98. The third-order valence-electron chi connectivity index (χ3n) is 9.24. The van der Waals surface area contributed by atoms with E-state index in [0.717, 1.165) is 37.4 Å². The van der Waals surface area contributed by atoms with E-state index in [1.165, 1.54) is 18.5 Å². The second kappa shape index (κ2) is 5.46. The van der Waals surface area contributed by atoms with Crippen molar-refractivity contribution < 1.29 is 19.0 Å². The molecule has 6 aliphatic rings. The number of ether oxygens (including phenoxy) is 3. The lowest BCUT2D eigenvalue weighted by atomic mass is 9.52. The van der Waals surface area contributed by atoms with Crippen molar-refractivity contribution in [3.63, 3.8) is 0 Å². The number of piperidine rings is 2. The number of hydrogen-bond acceptors (Lipinski definition) is 5. The summed E-state index contributed by atoms with van der Waals surface area (Å²) in [7, 11) is 3.38. The van der Waals surface area contributed by atoms with Crippen LogP contribution in [0.3, 0.4) is 0 Å². The average Bonchev–Trinajstić information content (AvgIpc) is 3.20. The van der Waals surface area contributed by atoms with Crippen molar-refractivity contribution in [3.8, 4) is 11.5 Å². The predicted molar refractivity (Wildman–Crippen MR) is 107 cm³/mol. The summed E-state index contributed by atoms with van der Waals surface area (Å²) in [5.41, 5.74) is 2.37. The number of carbonyl (C=O) groups excluding carboxylic acids is 1. The molecule has 1 aliphatic carbocycles. The first kappa shape index (κ1) is 16.9. The van der Waals surface area contributed by atoms with Gasteiger partial charge < -0.3 is 19.1 Å². The number of nitrogens with zero attached hydrogens (tertiary/aromatic N) is 2. The van der Waals surface area contributed by atoms with Crippen LogP contribution in [0.1, 0.15) is 31.2 Å². The number of carbonyl (C=O) groups is 1. The van der Waals surface area contributed by atoms with E-state index in [9.17, 15) is 4.79 Å². The summed E-state index contributed by atoms with van der Waals surface area (Å²) in [4.78, 5) is 18.4. The molecule has 6 nitrogen and oxygen atoms in total. The highest BCUT2D eigenvalue weighted by Gasteiger charge is 2.71. The molecule has 7 rings (SSSR count). The standard InChI is InChI=1S/C23H28N2O4/c1-27-16-8-14-15(9-17(16)28-2)25-20(26)10-18-21-13-7-19-23(14,22(21)25)4-5-24(19)11-12(13)3-6-29-18/h8-9,12-13,18-19,21-22H,3-7,10-11H2,1-2H3/t12?,13-,18-,19-,21-,22-,23+/m0/s1. The molecule has 6 heteroatoms. The minimum atomic E-state index is 0.00303. The molecule has 0 N–H and O–H groups in total. The zero-order chi connectivity index (χ0) is 19.5. The first-order chi connectivity index (χ1) is 14.2. The second-order valence-electron chi connectivity index (χ2n) is 9.87. The van der Waals surface area contributed by atoms with Gasteiger partial charge in [-0.1, -0.05) is 0 Å². The first-order valence-corrected chi connectivity index (χ1v) is 11.1. The molecular formula is C23H28N2O4. The summed E-state index contributed by atoms with van der Waals surface area (Å²) in [6.45, 7) is 3.15. The Morgan fingerprint density at radius 3 is 2.86 bits per heavy atom. The number of methoxy groups -OCH3 is 2. The fourth-order valence-corrected chi connectivity index (χ4v) is 8.32. The van der Waals surface area contributed by atoms with E-state index in [1.807, 2.05) is 0 Å². The lowest BCUT2D eigenvalue weighted by Gasteiger charge is -2.59. The molecule has 5 heterocycles. The van der Waals surface area contributed by atoms with Gasteiger partial charge in [0.05, 0.1) is 38.5 Å². The van der Waals surface area contributed by atoms with Gasteiger partial charge in [-0.2, -0.15) is 0 Å². The molecule has 7 atom stereocenters. The Hall–Kier alpha value is -1.79. The Labute approximate surface area is 171 Å². The first-order valence-electron chi connectivity index (χ1n) is 11.1. The van der Waals surface area contributed by atoms with Gasteiger partial charge in [-0.3, -0.25) is 9.69 Å². The lowest BCUT2D eigenvalue weighted by molar-refractivity contribution is -0.134. The lowest BCUT2D eigenvalue weighted by Crippen LogP contribution is -2.70. The van der Waals surface area contributed by atoms with Gasteiger partial charge in [0.15, 0.2) is 11.5 Å².